The minimum absolute atomic E-state index is 0.0111. The van der Waals surface area contributed by atoms with Gasteiger partial charge in [0, 0.05) is 11.1 Å². The molecule has 0 aliphatic rings. The van der Waals surface area contributed by atoms with Crippen LogP contribution in [-0.4, -0.2) is 35.9 Å². The van der Waals surface area contributed by atoms with Crippen LogP contribution < -0.4 is 10.1 Å². The molecule has 0 saturated carbocycles. The van der Waals surface area contributed by atoms with Crippen LogP contribution >= 0.6 is 11.6 Å². The zero-order valence-electron chi connectivity index (χ0n) is 15.7. The number of hydrazone groups is 1. The van der Waals surface area contributed by atoms with Crippen molar-refractivity contribution in [2.45, 2.75) is 4.90 Å². The van der Waals surface area contributed by atoms with Gasteiger partial charge in [-0.05, 0) is 42.5 Å². The van der Waals surface area contributed by atoms with Gasteiger partial charge >= 0.3 is 0 Å². The minimum Gasteiger partial charge on any atom is -0.504 e. The molecule has 9 nitrogen and oxygen atoms in total. The highest BCUT2D eigenvalue weighted by Crippen LogP contribution is 2.36. The second-order valence-corrected chi connectivity index (χ2v) is 8.27. The number of nitrogens with zero attached hydrogens (tertiary/aromatic N) is 1. The third-order valence-corrected chi connectivity index (χ3v) is 5.75. The first-order valence-electron chi connectivity index (χ1n) is 8.64. The lowest BCUT2D eigenvalue weighted by Gasteiger charge is -2.10. The van der Waals surface area contributed by atoms with Crippen molar-refractivity contribution in [1.29, 1.82) is 0 Å². The van der Waals surface area contributed by atoms with Crippen LogP contribution in [0.2, 0.25) is 5.02 Å². The van der Waals surface area contributed by atoms with Crippen LogP contribution in [0.3, 0.4) is 0 Å². The van der Waals surface area contributed by atoms with Crippen LogP contribution in [0.4, 0.5) is 5.69 Å². The van der Waals surface area contributed by atoms with Gasteiger partial charge in [-0.15, -0.1) is 0 Å². The highest BCUT2D eigenvalue weighted by atomic mass is 35.5. The lowest BCUT2D eigenvalue weighted by atomic mass is 10.2. The van der Waals surface area contributed by atoms with Gasteiger partial charge in [-0.1, -0.05) is 29.8 Å². The van der Waals surface area contributed by atoms with E-state index in [1.165, 1.54) is 36.4 Å². The summed E-state index contributed by atoms with van der Waals surface area (Å²) in [6.07, 6.45) is 1.05. The normalized spacial score (nSPS) is 11.4. The molecule has 3 rings (SSSR count). The van der Waals surface area contributed by atoms with E-state index >= 15 is 0 Å². The van der Waals surface area contributed by atoms with Crippen molar-refractivity contribution >= 4 is 39.4 Å². The van der Waals surface area contributed by atoms with Crippen LogP contribution in [0, 0.1) is 0 Å². The van der Waals surface area contributed by atoms with Crippen molar-refractivity contribution in [2.75, 3.05) is 4.72 Å². The van der Waals surface area contributed by atoms with Crippen molar-refractivity contribution in [2.24, 2.45) is 5.10 Å². The number of amides is 1. The number of phenolic OH excluding ortho intramolecular Hbond substituents is 3. The largest absolute Gasteiger partial charge is 0.504 e. The number of benzene rings is 3. The van der Waals surface area contributed by atoms with Crippen LogP contribution in [0.15, 0.2) is 70.7 Å². The number of aromatic hydroxyl groups is 3. The summed E-state index contributed by atoms with van der Waals surface area (Å²) >= 11 is 5.98. The molecule has 0 bridgehead atoms. The lowest BCUT2D eigenvalue weighted by Crippen LogP contribution is -2.19. The zero-order chi connectivity index (χ0) is 22.6. The Morgan fingerprint density at radius 1 is 0.968 bits per heavy atom. The molecule has 31 heavy (non-hydrogen) atoms. The maximum atomic E-state index is 12.6. The Balaban J connectivity index is 1.76. The Hall–Kier alpha value is -3.76. The standard InChI is InChI=1S/C20H16ClN3O6S/c21-15-6-1-2-7-16(15)24-31(29,30)14-5-3-4-12(10-14)20(28)23-22-11-13-8-9-17(25)19(27)18(13)26/h1-11,24-27H,(H,23,28). The third kappa shape index (κ3) is 5.05. The molecule has 11 heteroatoms. The van der Waals surface area contributed by atoms with E-state index in [0.29, 0.717) is 0 Å². The molecule has 0 aliphatic carbocycles. The quantitative estimate of drug-likeness (QED) is 0.216. The third-order valence-electron chi connectivity index (χ3n) is 4.06. The number of hydrogen-bond acceptors (Lipinski definition) is 7. The predicted octanol–water partition coefficient (Wildman–Crippen LogP) is 3.02. The van der Waals surface area contributed by atoms with Crippen LogP contribution in [-0.2, 0) is 10.0 Å². The number of hydrogen-bond donors (Lipinski definition) is 5. The smallest absolute Gasteiger partial charge is 0.271 e. The molecule has 1 amide bonds. The average molecular weight is 462 g/mol. The topological polar surface area (TPSA) is 148 Å². The minimum atomic E-state index is -4.01. The number of rotatable bonds is 6. The summed E-state index contributed by atoms with van der Waals surface area (Å²) in [5.74, 6) is -2.56. The number of sulfonamides is 1. The first kappa shape index (κ1) is 21.9. The van der Waals surface area contributed by atoms with Gasteiger partial charge in [-0.25, -0.2) is 13.8 Å². The number of phenols is 3. The van der Waals surface area contributed by atoms with E-state index in [9.17, 15) is 28.5 Å². The summed E-state index contributed by atoms with van der Waals surface area (Å²) in [6.45, 7) is 0. The molecule has 5 N–H and O–H groups in total. The Bertz CT molecular complexity index is 1280. The molecule has 0 heterocycles. The molecule has 3 aromatic carbocycles. The van der Waals surface area contributed by atoms with Gasteiger partial charge in [0.15, 0.2) is 11.5 Å². The van der Waals surface area contributed by atoms with Crippen molar-refractivity contribution in [3.05, 3.63) is 76.8 Å². The number of para-hydroxylation sites is 1. The van der Waals surface area contributed by atoms with E-state index in [4.69, 9.17) is 11.6 Å². The van der Waals surface area contributed by atoms with Gasteiger partial charge in [0.05, 0.1) is 21.8 Å². The lowest BCUT2D eigenvalue weighted by molar-refractivity contribution is 0.0955. The average Bonchev–Trinajstić information content (AvgIpc) is 2.75. The summed E-state index contributed by atoms with van der Waals surface area (Å²) in [7, 11) is -4.01. The van der Waals surface area contributed by atoms with Crippen LogP contribution in [0.5, 0.6) is 17.2 Å². The fraction of sp³-hybridized carbons (Fsp3) is 0. The molecule has 0 spiro atoms. The maximum absolute atomic E-state index is 12.6. The Morgan fingerprint density at radius 3 is 2.45 bits per heavy atom. The van der Waals surface area contributed by atoms with E-state index in [-0.39, 0.29) is 26.7 Å². The van der Waals surface area contributed by atoms with E-state index in [1.54, 1.807) is 12.1 Å². The van der Waals surface area contributed by atoms with Crippen molar-refractivity contribution < 1.29 is 28.5 Å². The number of anilines is 1. The van der Waals surface area contributed by atoms with Gasteiger partial charge in [0.2, 0.25) is 5.75 Å². The monoisotopic (exact) mass is 461 g/mol. The van der Waals surface area contributed by atoms with Gasteiger partial charge in [-0.2, -0.15) is 5.10 Å². The Kier molecular flexibility index (Phi) is 6.33. The second-order valence-electron chi connectivity index (χ2n) is 6.18. The maximum Gasteiger partial charge on any atom is 0.271 e. The number of carbonyl (C=O) groups excluding carboxylic acids is 1. The molecule has 3 aromatic rings. The van der Waals surface area contributed by atoms with Crippen molar-refractivity contribution in [1.82, 2.24) is 5.43 Å². The molecule has 0 radical (unpaired) electrons. The highest BCUT2D eigenvalue weighted by molar-refractivity contribution is 7.92. The molecule has 160 valence electrons. The summed E-state index contributed by atoms with van der Waals surface area (Å²) in [6, 6.07) is 14.0. The summed E-state index contributed by atoms with van der Waals surface area (Å²) in [5, 5.41) is 32.4. The molecule has 0 aliphatic heterocycles. The molecule has 0 atom stereocenters. The van der Waals surface area contributed by atoms with Crippen LogP contribution in [0.25, 0.3) is 0 Å². The van der Waals surface area contributed by atoms with E-state index in [0.717, 1.165) is 18.3 Å². The van der Waals surface area contributed by atoms with Gasteiger partial charge in [0.25, 0.3) is 15.9 Å². The van der Waals surface area contributed by atoms with Crippen molar-refractivity contribution in [3.8, 4) is 17.2 Å². The fourth-order valence-electron chi connectivity index (χ4n) is 2.47. The fourth-order valence-corrected chi connectivity index (χ4v) is 3.83. The Morgan fingerprint density at radius 2 is 1.71 bits per heavy atom. The summed E-state index contributed by atoms with van der Waals surface area (Å²) in [5.41, 5.74) is 2.43. The molecular formula is C20H16ClN3O6S. The highest BCUT2D eigenvalue weighted by Gasteiger charge is 2.17. The van der Waals surface area contributed by atoms with E-state index < -0.39 is 33.2 Å². The summed E-state index contributed by atoms with van der Waals surface area (Å²) < 4.78 is 27.6. The van der Waals surface area contributed by atoms with E-state index in [2.05, 4.69) is 15.2 Å². The SMILES string of the molecule is O=C(NN=Cc1ccc(O)c(O)c1O)c1cccc(S(=O)(=O)Nc2ccccc2Cl)c1. The first-order valence-corrected chi connectivity index (χ1v) is 10.5. The molecule has 0 unspecified atom stereocenters. The molecule has 0 saturated heterocycles. The van der Waals surface area contributed by atoms with Crippen molar-refractivity contribution in [3.63, 3.8) is 0 Å². The molecule has 0 aromatic heterocycles. The number of nitrogens with one attached hydrogen (secondary N) is 2. The first-order chi connectivity index (χ1) is 14.7. The molecular weight excluding hydrogens is 446 g/mol. The number of carbonyl (C=O) groups is 1. The molecule has 0 fully saturated rings. The van der Waals surface area contributed by atoms with E-state index in [1.807, 2.05) is 0 Å². The zero-order valence-corrected chi connectivity index (χ0v) is 17.2. The number of halogens is 1. The van der Waals surface area contributed by atoms with Gasteiger partial charge in [-0.3, -0.25) is 9.52 Å². The van der Waals surface area contributed by atoms with Crippen LogP contribution in [0.1, 0.15) is 15.9 Å². The van der Waals surface area contributed by atoms with Gasteiger partial charge in [0.1, 0.15) is 0 Å². The Labute approximate surface area is 182 Å². The van der Waals surface area contributed by atoms with Gasteiger partial charge < -0.3 is 15.3 Å². The predicted molar refractivity (Wildman–Crippen MR) is 115 cm³/mol. The summed E-state index contributed by atoms with van der Waals surface area (Å²) in [4.78, 5) is 12.2. The second kappa shape index (κ2) is 8.94.